The van der Waals surface area contributed by atoms with Gasteiger partial charge in [0.15, 0.2) is 11.7 Å². The molecule has 0 atom stereocenters. The summed E-state index contributed by atoms with van der Waals surface area (Å²) in [6, 6.07) is 1.95. The van der Waals surface area contributed by atoms with Crippen LogP contribution < -0.4 is 10.6 Å². The molecule has 134 valence electrons. The molecule has 24 heavy (non-hydrogen) atoms. The van der Waals surface area contributed by atoms with Crippen LogP contribution in [0.3, 0.4) is 0 Å². The fourth-order valence-electron chi connectivity index (χ4n) is 1.93. The Morgan fingerprint density at radius 1 is 1.33 bits per heavy atom. The van der Waals surface area contributed by atoms with Crippen molar-refractivity contribution in [3.8, 4) is 0 Å². The van der Waals surface area contributed by atoms with Crippen LogP contribution in [0.15, 0.2) is 21.0 Å². The lowest BCUT2D eigenvalue weighted by atomic mass is 10.2. The zero-order chi connectivity index (χ0) is 16.7. The fourth-order valence-corrected chi connectivity index (χ4v) is 2.82. The SMILES string of the molecule is CCNC(=NCc1cc(CC)no1)NCc1nc(C(C)C)cs1.I. The Labute approximate surface area is 164 Å². The summed E-state index contributed by atoms with van der Waals surface area (Å²) in [6.07, 6.45) is 0.869. The molecule has 2 aromatic heterocycles. The number of hydrogen-bond donors (Lipinski definition) is 2. The molecule has 2 N–H and O–H groups in total. The van der Waals surface area contributed by atoms with E-state index in [2.05, 4.69) is 51.9 Å². The number of rotatable bonds is 7. The van der Waals surface area contributed by atoms with Crippen molar-refractivity contribution < 1.29 is 4.52 Å². The molecule has 0 spiro atoms. The number of nitrogens with zero attached hydrogens (tertiary/aromatic N) is 3. The molecule has 0 aromatic carbocycles. The van der Waals surface area contributed by atoms with E-state index in [1.54, 1.807) is 11.3 Å². The molecule has 8 heteroatoms. The summed E-state index contributed by atoms with van der Waals surface area (Å²) in [4.78, 5) is 9.15. The van der Waals surface area contributed by atoms with Crippen molar-refractivity contribution in [2.75, 3.05) is 6.54 Å². The standard InChI is InChI=1S/C16H25N5OS.HI/c1-5-12-7-13(22-21-12)8-18-16(17-6-2)19-9-15-20-14(10-23-15)11(3)4;/h7,10-11H,5-6,8-9H2,1-4H3,(H2,17,18,19);1H. The monoisotopic (exact) mass is 463 g/mol. The maximum atomic E-state index is 5.25. The Balaban J connectivity index is 0.00000288. The lowest BCUT2D eigenvalue weighted by Crippen LogP contribution is -2.36. The molecule has 2 heterocycles. The van der Waals surface area contributed by atoms with Gasteiger partial charge in [-0.05, 0) is 19.3 Å². The molecule has 6 nitrogen and oxygen atoms in total. The van der Waals surface area contributed by atoms with Crippen LogP contribution >= 0.6 is 35.3 Å². The Hall–Kier alpha value is -1.16. The van der Waals surface area contributed by atoms with Crippen molar-refractivity contribution in [1.29, 1.82) is 0 Å². The Kier molecular flexibility index (Phi) is 9.27. The zero-order valence-electron chi connectivity index (χ0n) is 14.6. The summed E-state index contributed by atoms with van der Waals surface area (Å²) in [7, 11) is 0. The predicted octanol–water partition coefficient (Wildman–Crippen LogP) is 3.69. The highest BCUT2D eigenvalue weighted by molar-refractivity contribution is 14.0. The summed E-state index contributed by atoms with van der Waals surface area (Å²) < 4.78 is 5.25. The maximum Gasteiger partial charge on any atom is 0.192 e. The summed E-state index contributed by atoms with van der Waals surface area (Å²) in [5, 5.41) is 13.7. The van der Waals surface area contributed by atoms with E-state index in [1.165, 1.54) is 0 Å². The van der Waals surface area contributed by atoms with Crippen LogP contribution in [0.1, 0.15) is 55.8 Å². The molecule has 0 saturated carbocycles. The lowest BCUT2D eigenvalue weighted by Gasteiger charge is -2.09. The highest BCUT2D eigenvalue weighted by Gasteiger charge is 2.07. The second-order valence-corrected chi connectivity index (χ2v) is 6.45. The number of aryl methyl sites for hydroxylation is 1. The van der Waals surface area contributed by atoms with Crippen molar-refractivity contribution in [3.63, 3.8) is 0 Å². The molecular weight excluding hydrogens is 437 g/mol. The van der Waals surface area contributed by atoms with Gasteiger partial charge in [-0.15, -0.1) is 35.3 Å². The van der Waals surface area contributed by atoms with Gasteiger partial charge >= 0.3 is 0 Å². The first-order valence-corrected chi connectivity index (χ1v) is 8.91. The number of thiazole rings is 1. The van der Waals surface area contributed by atoms with E-state index in [1.807, 2.05) is 13.0 Å². The van der Waals surface area contributed by atoms with E-state index in [0.717, 1.165) is 41.1 Å². The van der Waals surface area contributed by atoms with Gasteiger partial charge in [0.2, 0.25) is 0 Å². The van der Waals surface area contributed by atoms with Crippen molar-refractivity contribution >= 4 is 41.3 Å². The number of hydrogen-bond acceptors (Lipinski definition) is 5. The average molecular weight is 463 g/mol. The molecule has 0 fully saturated rings. The molecule has 0 aliphatic heterocycles. The van der Waals surface area contributed by atoms with Crippen molar-refractivity contribution in [1.82, 2.24) is 20.8 Å². The summed E-state index contributed by atoms with van der Waals surface area (Å²) >= 11 is 1.67. The van der Waals surface area contributed by atoms with Gasteiger partial charge in [0.25, 0.3) is 0 Å². The van der Waals surface area contributed by atoms with Gasteiger partial charge in [0.1, 0.15) is 11.6 Å². The molecule has 0 saturated heterocycles. The quantitative estimate of drug-likeness (QED) is 0.372. The Morgan fingerprint density at radius 3 is 2.71 bits per heavy atom. The van der Waals surface area contributed by atoms with Gasteiger partial charge < -0.3 is 15.2 Å². The lowest BCUT2D eigenvalue weighted by molar-refractivity contribution is 0.379. The number of nitrogens with one attached hydrogen (secondary N) is 2. The van der Waals surface area contributed by atoms with Crippen LogP contribution in [0, 0.1) is 0 Å². The van der Waals surface area contributed by atoms with Crippen LogP contribution in [0.25, 0.3) is 0 Å². The van der Waals surface area contributed by atoms with Gasteiger partial charge in [-0.1, -0.05) is 25.9 Å². The predicted molar refractivity (Wildman–Crippen MR) is 109 cm³/mol. The molecule has 0 amide bonds. The van der Waals surface area contributed by atoms with E-state index in [0.29, 0.717) is 19.0 Å². The number of aromatic nitrogens is 2. The molecule has 2 rings (SSSR count). The number of halogens is 1. The third-order valence-electron chi connectivity index (χ3n) is 3.28. The second-order valence-electron chi connectivity index (χ2n) is 5.51. The minimum absolute atomic E-state index is 0. The first kappa shape index (κ1) is 20.9. The molecule has 0 aliphatic rings. The molecule has 0 unspecified atom stereocenters. The highest BCUT2D eigenvalue weighted by atomic mass is 127. The highest BCUT2D eigenvalue weighted by Crippen LogP contribution is 2.17. The largest absolute Gasteiger partial charge is 0.359 e. The van der Waals surface area contributed by atoms with Gasteiger partial charge in [-0.25, -0.2) is 9.98 Å². The number of guanidine groups is 1. The average Bonchev–Trinajstić information content (AvgIpc) is 3.19. The third-order valence-corrected chi connectivity index (χ3v) is 4.14. The summed E-state index contributed by atoms with van der Waals surface area (Å²) in [5.41, 5.74) is 2.10. The van der Waals surface area contributed by atoms with Crippen molar-refractivity contribution in [3.05, 3.63) is 33.6 Å². The van der Waals surface area contributed by atoms with E-state index in [9.17, 15) is 0 Å². The van der Waals surface area contributed by atoms with Crippen LogP contribution in [-0.2, 0) is 19.5 Å². The van der Waals surface area contributed by atoms with E-state index in [4.69, 9.17) is 4.52 Å². The Morgan fingerprint density at radius 2 is 2.12 bits per heavy atom. The fraction of sp³-hybridized carbons (Fsp3) is 0.562. The molecule has 0 aliphatic carbocycles. The van der Waals surface area contributed by atoms with Crippen LogP contribution in [0.4, 0.5) is 0 Å². The first-order chi connectivity index (χ1) is 11.1. The smallest absolute Gasteiger partial charge is 0.192 e. The van der Waals surface area contributed by atoms with Gasteiger partial charge in [-0.3, -0.25) is 0 Å². The van der Waals surface area contributed by atoms with Crippen LogP contribution in [0.2, 0.25) is 0 Å². The molecule has 0 radical (unpaired) electrons. The van der Waals surface area contributed by atoms with E-state index < -0.39 is 0 Å². The summed E-state index contributed by atoms with van der Waals surface area (Å²) in [6.45, 7) is 10.3. The first-order valence-electron chi connectivity index (χ1n) is 8.03. The molecule has 0 bridgehead atoms. The normalized spacial score (nSPS) is 11.5. The van der Waals surface area contributed by atoms with E-state index in [-0.39, 0.29) is 24.0 Å². The van der Waals surface area contributed by atoms with Crippen molar-refractivity contribution in [2.45, 2.75) is 53.1 Å². The van der Waals surface area contributed by atoms with Gasteiger partial charge in [0, 0.05) is 18.0 Å². The third kappa shape index (κ3) is 6.39. The van der Waals surface area contributed by atoms with Gasteiger partial charge in [0.05, 0.1) is 17.9 Å². The zero-order valence-corrected chi connectivity index (χ0v) is 17.8. The minimum atomic E-state index is 0. The van der Waals surface area contributed by atoms with Crippen LogP contribution in [0.5, 0.6) is 0 Å². The number of aliphatic imine (C=N–C) groups is 1. The molecular formula is C16H26IN5OS. The topological polar surface area (TPSA) is 75.3 Å². The minimum Gasteiger partial charge on any atom is -0.359 e. The van der Waals surface area contributed by atoms with Gasteiger partial charge in [-0.2, -0.15) is 0 Å². The molecule has 2 aromatic rings. The van der Waals surface area contributed by atoms with Crippen molar-refractivity contribution in [2.24, 2.45) is 4.99 Å². The summed E-state index contributed by atoms with van der Waals surface area (Å²) in [5.74, 6) is 1.99. The van der Waals surface area contributed by atoms with Crippen LogP contribution in [-0.4, -0.2) is 22.6 Å². The second kappa shape index (κ2) is 10.7. The Bertz CT molecular complexity index is 638. The maximum absolute atomic E-state index is 5.25. The van der Waals surface area contributed by atoms with E-state index >= 15 is 0 Å².